The molecule has 100 valence electrons. The van der Waals surface area contributed by atoms with Crippen molar-refractivity contribution in [3.05, 3.63) is 12.2 Å². The van der Waals surface area contributed by atoms with Crippen molar-refractivity contribution in [3.8, 4) is 0 Å². The molecule has 1 saturated carbocycles. The Labute approximate surface area is 109 Å². The van der Waals surface area contributed by atoms with Gasteiger partial charge in [0.2, 0.25) is 0 Å². The fourth-order valence-electron chi connectivity index (χ4n) is 3.48. The molecule has 0 amide bonds. The van der Waals surface area contributed by atoms with Crippen LogP contribution in [0.4, 0.5) is 0 Å². The van der Waals surface area contributed by atoms with Gasteiger partial charge < -0.3 is 9.47 Å². The fourth-order valence-corrected chi connectivity index (χ4v) is 3.48. The highest BCUT2D eigenvalue weighted by Gasteiger charge is 2.35. The first-order valence-electron chi connectivity index (χ1n) is 7.29. The number of fused-ring (bicyclic) bond motifs is 2. The molecular formula is C15H22O3. The van der Waals surface area contributed by atoms with Gasteiger partial charge in [0, 0.05) is 0 Å². The van der Waals surface area contributed by atoms with E-state index >= 15 is 0 Å². The molecule has 18 heavy (non-hydrogen) atoms. The third kappa shape index (κ3) is 2.46. The molecule has 0 radical (unpaired) electrons. The zero-order valence-electron chi connectivity index (χ0n) is 10.8. The molecule has 4 atom stereocenters. The second kappa shape index (κ2) is 5.43. The monoisotopic (exact) mass is 250 g/mol. The fraction of sp³-hybridized carbons (Fsp3) is 0.800. The van der Waals surface area contributed by atoms with Crippen molar-refractivity contribution in [2.45, 2.75) is 44.6 Å². The van der Waals surface area contributed by atoms with Crippen molar-refractivity contribution in [1.29, 1.82) is 0 Å². The molecule has 1 saturated heterocycles. The predicted octanol–water partition coefficient (Wildman–Crippen LogP) is 2.70. The van der Waals surface area contributed by atoms with Crippen LogP contribution < -0.4 is 0 Å². The molecule has 0 spiro atoms. The molecule has 0 aromatic rings. The van der Waals surface area contributed by atoms with Crippen molar-refractivity contribution in [2.75, 3.05) is 13.2 Å². The minimum atomic E-state index is -0.0739. The van der Waals surface area contributed by atoms with Crippen LogP contribution in [0.1, 0.15) is 38.5 Å². The van der Waals surface area contributed by atoms with Crippen molar-refractivity contribution < 1.29 is 14.3 Å². The Morgan fingerprint density at radius 3 is 2.67 bits per heavy atom. The lowest BCUT2D eigenvalue weighted by atomic mass is 9.80. The normalized spacial score (nSPS) is 40.8. The highest BCUT2D eigenvalue weighted by molar-refractivity contribution is 5.73. The molecule has 0 aromatic heterocycles. The Bertz CT molecular complexity index is 337. The van der Waals surface area contributed by atoms with E-state index in [4.69, 9.17) is 9.47 Å². The standard InChI is InChI=1S/C15H22O3/c16-15-13-7-3-4-8-14(13)17-9-11-5-1-2-6-12(11)10-18-15/h4,8,11-14H,1-3,5-7,9-10H2/t11-,12+,13+,14-/m1/s1. The van der Waals surface area contributed by atoms with Gasteiger partial charge in [-0.2, -0.15) is 0 Å². The van der Waals surface area contributed by atoms with Crippen LogP contribution in [-0.2, 0) is 14.3 Å². The van der Waals surface area contributed by atoms with Crippen LogP contribution in [0.2, 0.25) is 0 Å². The Hall–Kier alpha value is -0.830. The summed E-state index contributed by atoms with van der Waals surface area (Å²) in [4.78, 5) is 12.1. The van der Waals surface area contributed by atoms with Crippen molar-refractivity contribution in [3.63, 3.8) is 0 Å². The lowest BCUT2D eigenvalue weighted by molar-refractivity contribution is -0.153. The van der Waals surface area contributed by atoms with Gasteiger partial charge in [-0.3, -0.25) is 4.79 Å². The van der Waals surface area contributed by atoms with Crippen LogP contribution in [0.5, 0.6) is 0 Å². The van der Waals surface area contributed by atoms with Gasteiger partial charge in [0.1, 0.15) is 0 Å². The maximum atomic E-state index is 12.1. The van der Waals surface area contributed by atoms with Crippen molar-refractivity contribution >= 4 is 5.97 Å². The van der Waals surface area contributed by atoms with Crippen LogP contribution in [0.25, 0.3) is 0 Å². The number of hydrogen-bond donors (Lipinski definition) is 0. The Morgan fingerprint density at radius 2 is 1.83 bits per heavy atom. The summed E-state index contributed by atoms with van der Waals surface area (Å²) in [5, 5.41) is 0. The Balaban J connectivity index is 1.74. The van der Waals surface area contributed by atoms with Gasteiger partial charge in [0.25, 0.3) is 0 Å². The maximum absolute atomic E-state index is 12.1. The zero-order valence-corrected chi connectivity index (χ0v) is 10.8. The number of carbonyl (C=O) groups is 1. The lowest BCUT2D eigenvalue weighted by Crippen LogP contribution is -2.32. The van der Waals surface area contributed by atoms with Gasteiger partial charge in [-0.15, -0.1) is 0 Å². The van der Waals surface area contributed by atoms with E-state index in [1.165, 1.54) is 25.7 Å². The topological polar surface area (TPSA) is 35.5 Å². The van der Waals surface area contributed by atoms with E-state index in [0.717, 1.165) is 19.4 Å². The maximum Gasteiger partial charge on any atom is 0.311 e. The summed E-state index contributed by atoms with van der Waals surface area (Å²) in [7, 11) is 0. The van der Waals surface area contributed by atoms with E-state index in [9.17, 15) is 4.79 Å². The smallest absolute Gasteiger partial charge is 0.311 e. The molecule has 1 aliphatic heterocycles. The number of allylic oxidation sites excluding steroid dienone is 1. The van der Waals surface area contributed by atoms with Gasteiger partial charge in [0.15, 0.2) is 0 Å². The van der Waals surface area contributed by atoms with Crippen LogP contribution in [0.15, 0.2) is 12.2 Å². The molecule has 2 fully saturated rings. The van der Waals surface area contributed by atoms with Crippen LogP contribution >= 0.6 is 0 Å². The third-order valence-electron chi connectivity index (χ3n) is 4.68. The molecule has 3 heteroatoms. The van der Waals surface area contributed by atoms with Crippen molar-refractivity contribution in [1.82, 2.24) is 0 Å². The van der Waals surface area contributed by atoms with Gasteiger partial charge >= 0.3 is 5.97 Å². The quantitative estimate of drug-likeness (QED) is 0.490. The minimum Gasteiger partial charge on any atom is -0.465 e. The third-order valence-corrected chi connectivity index (χ3v) is 4.68. The molecule has 0 aromatic carbocycles. The second-order valence-electron chi connectivity index (χ2n) is 5.84. The molecule has 2 aliphatic carbocycles. The summed E-state index contributed by atoms with van der Waals surface area (Å²) in [5.41, 5.74) is 0. The van der Waals surface area contributed by atoms with Crippen molar-refractivity contribution in [2.24, 2.45) is 17.8 Å². The molecule has 0 N–H and O–H groups in total. The molecular weight excluding hydrogens is 228 g/mol. The van der Waals surface area contributed by atoms with Gasteiger partial charge in [-0.05, 0) is 37.5 Å². The summed E-state index contributed by atoms with van der Waals surface area (Å²) in [6.45, 7) is 1.41. The number of rotatable bonds is 0. The lowest BCUT2D eigenvalue weighted by Gasteiger charge is -2.30. The minimum absolute atomic E-state index is 0.0458. The number of cyclic esters (lactones) is 1. The summed E-state index contributed by atoms with van der Waals surface area (Å²) in [6, 6.07) is 0. The van der Waals surface area contributed by atoms with Gasteiger partial charge in [-0.25, -0.2) is 0 Å². The van der Waals surface area contributed by atoms with E-state index in [1.54, 1.807) is 0 Å². The zero-order chi connectivity index (χ0) is 12.4. The van der Waals surface area contributed by atoms with Crippen LogP contribution in [-0.4, -0.2) is 25.3 Å². The first-order valence-corrected chi connectivity index (χ1v) is 7.29. The first kappa shape index (κ1) is 12.2. The largest absolute Gasteiger partial charge is 0.465 e. The first-order chi connectivity index (χ1) is 8.84. The van der Waals surface area contributed by atoms with Gasteiger partial charge in [-0.1, -0.05) is 25.0 Å². The SMILES string of the molecule is O=C1OC[C@@H]2CCCC[C@@H]2CO[C@@H]2C=CCC[C@H]12. The summed E-state index contributed by atoms with van der Waals surface area (Å²) < 4.78 is 11.6. The summed E-state index contributed by atoms with van der Waals surface area (Å²) >= 11 is 0. The Morgan fingerprint density at radius 1 is 1.06 bits per heavy atom. The summed E-state index contributed by atoms with van der Waals surface area (Å²) in [6.07, 6.45) is 10.9. The second-order valence-corrected chi connectivity index (χ2v) is 5.84. The molecule has 3 rings (SSSR count). The highest BCUT2D eigenvalue weighted by Crippen LogP contribution is 2.34. The number of esters is 1. The van der Waals surface area contributed by atoms with Gasteiger partial charge in [0.05, 0.1) is 25.2 Å². The molecule has 1 heterocycles. The number of carbonyl (C=O) groups excluding carboxylic acids is 1. The average molecular weight is 250 g/mol. The van der Waals surface area contributed by atoms with E-state index in [1.807, 2.05) is 0 Å². The number of ether oxygens (including phenoxy) is 2. The van der Waals surface area contributed by atoms with Crippen LogP contribution in [0.3, 0.4) is 0 Å². The predicted molar refractivity (Wildman–Crippen MR) is 68.0 cm³/mol. The van der Waals surface area contributed by atoms with E-state index in [-0.39, 0.29) is 18.0 Å². The average Bonchev–Trinajstić information content (AvgIpc) is 2.49. The molecule has 3 aliphatic rings. The Kier molecular flexibility index (Phi) is 3.69. The van der Waals surface area contributed by atoms with Crippen LogP contribution in [0, 0.1) is 17.8 Å². The summed E-state index contributed by atoms with van der Waals surface area (Å²) in [5.74, 6) is 0.984. The van der Waals surface area contributed by atoms with E-state index in [0.29, 0.717) is 18.4 Å². The van der Waals surface area contributed by atoms with E-state index < -0.39 is 0 Å². The molecule has 0 unspecified atom stereocenters. The van der Waals surface area contributed by atoms with E-state index in [2.05, 4.69) is 12.2 Å². The number of hydrogen-bond acceptors (Lipinski definition) is 3. The highest BCUT2D eigenvalue weighted by atomic mass is 16.5. The molecule has 0 bridgehead atoms. The molecule has 3 nitrogen and oxygen atoms in total.